The van der Waals surface area contributed by atoms with Gasteiger partial charge in [0, 0.05) is 19.3 Å². The van der Waals surface area contributed by atoms with Crippen molar-refractivity contribution in [3.8, 4) is 0 Å². The van der Waals surface area contributed by atoms with Gasteiger partial charge in [-0.15, -0.1) is 0 Å². The molecule has 3 heterocycles. The molecule has 1 saturated heterocycles. The molecule has 1 aliphatic carbocycles. The van der Waals surface area contributed by atoms with Crippen LogP contribution >= 0.6 is 0 Å². The number of fused-ring (bicyclic) bond motifs is 1. The molecule has 2 aromatic heterocycles. The van der Waals surface area contributed by atoms with Crippen molar-refractivity contribution >= 4 is 11.8 Å². The molecule has 0 spiro atoms. The van der Waals surface area contributed by atoms with E-state index in [1.807, 2.05) is 12.1 Å². The first-order valence-electron chi connectivity index (χ1n) is 9.17. The zero-order chi connectivity index (χ0) is 18.3. The number of pyridine rings is 1. The molecular weight excluding hydrogens is 332 g/mol. The SMILES string of the molecule is CCOC(=O)c1cnn(Cc2ccc(N3CC4CC4C3)nc2[C@H](C)O)c1. The Bertz CT molecular complexity index is 807. The van der Waals surface area contributed by atoms with Crippen LogP contribution in [0.1, 0.15) is 48.0 Å². The minimum Gasteiger partial charge on any atom is -0.462 e. The summed E-state index contributed by atoms with van der Waals surface area (Å²) in [5, 5.41) is 14.4. The fourth-order valence-electron chi connectivity index (χ4n) is 3.69. The van der Waals surface area contributed by atoms with E-state index < -0.39 is 6.10 Å². The van der Waals surface area contributed by atoms with Gasteiger partial charge in [-0.3, -0.25) is 4.68 Å². The highest BCUT2D eigenvalue weighted by molar-refractivity contribution is 5.88. The predicted molar refractivity (Wildman–Crippen MR) is 96.0 cm³/mol. The number of carbonyl (C=O) groups is 1. The van der Waals surface area contributed by atoms with Crippen molar-refractivity contribution in [1.29, 1.82) is 0 Å². The molecule has 7 nitrogen and oxygen atoms in total. The van der Waals surface area contributed by atoms with Gasteiger partial charge in [0.25, 0.3) is 0 Å². The average molecular weight is 356 g/mol. The standard InChI is InChI=1S/C19H24N4O3/c1-3-26-19(25)16-7-20-23(11-16)10-13-4-5-17(21-18(13)12(2)24)22-8-14-6-15(14)9-22/h4-5,7,11-12,14-15,24H,3,6,8-10H2,1-2H3/t12-,14?,15?/m0/s1. The Labute approximate surface area is 152 Å². The van der Waals surface area contributed by atoms with Crippen LogP contribution in [0.15, 0.2) is 24.5 Å². The normalized spacial score (nSPS) is 22.2. The Morgan fingerprint density at radius 2 is 2.15 bits per heavy atom. The van der Waals surface area contributed by atoms with Gasteiger partial charge in [-0.2, -0.15) is 5.10 Å². The van der Waals surface area contributed by atoms with E-state index in [1.165, 1.54) is 12.6 Å². The van der Waals surface area contributed by atoms with Crippen LogP contribution in [0.2, 0.25) is 0 Å². The lowest BCUT2D eigenvalue weighted by molar-refractivity contribution is 0.0526. The molecule has 1 N–H and O–H groups in total. The molecule has 2 unspecified atom stereocenters. The third-order valence-corrected chi connectivity index (χ3v) is 5.17. The summed E-state index contributed by atoms with van der Waals surface area (Å²) in [4.78, 5) is 18.8. The molecule has 0 aromatic carbocycles. The second-order valence-corrected chi connectivity index (χ2v) is 7.20. The molecule has 0 radical (unpaired) electrons. The molecule has 138 valence electrons. The Kier molecular flexibility index (Phi) is 4.40. The number of aromatic nitrogens is 3. The summed E-state index contributed by atoms with van der Waals surface area (Å²) in [5.41, 5.74) is 1.98. The number of hydrogen-bond donors (Lipinski definition) is 1. The minimum atomic E-state index is -0.665. The third kappa shape index (κ3) is 3.31. The zero-order valence-electron chi connectivity index (χ0n) is 15.1. The quantitative estimate of drug-likeness (QED) is 0.798. The summed E-state index contributed by atoms with van der Waals surface area (Å²) in [6.45, 7) is 6.41. The first kappa shape index (κ1) is 17.0. The van der Waals surface area contributed by atoms with Crippen LogP contribution in [0.5, 0.6) is 0 Å². The van der Waals surface area contributed by atoms with Crippen LogP contribution in [0, 0.1) is 11.8 Å². The molecule has 7 heteroatoms. The van der Waals surface area contributed by atoms with Gasteiger partial charge in [-0.1, -0.05) is 6.07 Å². The maximum absolute atomic E-state index is 11.8. The van der Waals surface area contributed by atoms with Crippen molar-refractivity contribution in [2.24, 2.45) is 11.8 Å². The second kappa shape index (κ2) is 6.72. The van der Waals surface area contributed by atoms with Crippen molar-refractivity contribution < 1.29 is 14.6 Å². The number of piperidine rings is 1. The predicted octanol–water partition coefficient (Wildman–Crippen LogP) is 2.01. The van der Waals surface area contributed by atoms with E-state index in [1.54, 1.807) is 24.7 Å². The van der Waals surface area contributed by atoms with E-state index in [2.05, 4.69) is 10.00 Å². The fourth-order valence-corrected chi connectivity index (χ4v) is 3.69. The molecule has 4 rings (SSSR count). The Morgan fingerprint density at radius 3 is 2.85 bits per heavy atom. The topological polar surface area (TPSA) is 80.5 Å². The van der Waals surface area contributed by atoms with E-state index in [9.17, 15) is 9.90 Å². The summed E-state index contributed by atoms with van der Waals surface area (Å²) < 4.78 is 6.65. The number of hydrogen-bond acceptors (Lipinski definition) is 6. The van der Waals surface area contributed by atoms with E-state index in [0.717, 1.165) is 36.3 Å². The molecular formula is C19H24N4O3. The minimum absolute atomic E-state index is 0.333. The number of esters is 1. The smallest absolute Gasteiger partial charge is 0.341 e. The van der Waals surface area contributed by atoms with Gasteiger partial charge in [0.2, 0.25) is 0 Å². The maximum Gasteiger partial charge on any atom is 0.341 e. The van der Waals surface area contributed by atoms with Crippen molar-refractivity contribution in [1.82, 2.24) is 14.8 Å². The van der Waals surface area contributed by atoms with Crippen LogP contribution in [-0.2, 0) is 11.3 Å². The lowest BCUT2D eigenvalue weighted by Gasteiger charge is -2.21. The van der Waals surface area contributed by atoms with Gasteiger partial charge in [0.15, 0.2) is 0 Å². The number of carbonyl (C=O) groups excluding carboxylic acids is 1. The summed E-state index contributed by atoms with van der Waals surface area (Å²) in [6.07, 6.45) is 3.84. The number of nitrogens with zero attached hydrogens (tertiary/aromatic N) is 4. The number of anilines is 1. The monoisotopic (exact) mass is 356 g/mol. The van der Waals surface area contributed by atoms with E-state index >= 15 is 0 Å². The van der Waals surface area contributed by atoms with Crippen LogP contribution in [0.25, 0.3) is 0 Å². The highest BCUT2D eigenvalue weighted by Gasteiger charge is 2.45. The average Bonchev–Trinajstić information content (AvgIpc) is 3.02. The summed E-state index contributed by atoms with van der Waals surface area (Å²) >= 11 is 0. The molecule has 26 heavy (non-hydrogen) atoms. The molecule has 2 aliphatic rings. The summed E-state index contributed by atoms with van der Waals surface area (Å²) in [7, 11) is 0. The first-order chi connectivity index (χ1) is 12.5. The van der Waals surface area contributed by atoms with Crippen molar-refractivity contribution in [3.05, 3.63) is 41.3 Å². The first-order valence-corrected chi connectivity index (χ1v) is 9.17. The third-order valence-electron chi connectivity index (χ3n) is 5.17. The van der Waals surface area contributed by atoms with Crippen LogP contribution in [0.4, 0.5) is 5.82 Å². The highest BCUT2D eigenvalue weighted by atomic mass is 16.5. The van der Waals surface area contributed by atoms with E-state index in [4.69, 9.17) is 9.72 Å². The van der Waals surface area contributed by atoms with Gasteiger partial charge in [0.1, 0.15) is 5.82 Å². The molecule has 0 amide bonds. The number of aliphatic hydroxyl groups is 1. The van der Waals surface area contributed by atoms with Gasteiger partial charge in [-0.25, -0.2) is 9.78 Å². The lowest BCUT2D eigenvalue weighted by atomic mass is 10.1. The van der Waals surface area contributed by atoms with E-state index in [-0.39, 0.29) is 5.97 Å². The van der Waals surface area contributed by atoms with E-state index in [0.29, 0.717) is 24.4 Å². The van der Waals surface area contributed by atoms with Gasteiger partial charge < -0.3 is 14.7 Å². The Balaban J connectivity index is 1.53. The van der Waals surface area contributed by atoms with Gasteiger partial charge in [-0.05, 0) is 43.7 Å². The van der Waals surface area contributed by atoms with Gasteiger partial charge >= 0.3 is 5.97 Å². The molecule has 1 saturated carbocycles. The Hall–Kier alpha value is -2.41. The fraction of sp³-hybridized carbons (Fsp3) is 0.526. The van der Waals surface area contributed by atoms with Crippen LogP contribution < -0.4 is 4.90 Å². The largest absolute Gasteiger partial charge is 0.462 e. The molecule has 1 aliphatic heterocycles. The molecule has 0 bridgehead atoms. The Morgan fingerprint density at radius 1 is 1.38 bits per heavy atom. The van der Waals surface area contributed by atoms with Crippen molar-refractivity contribution in [2.75, 3.05) is 24.6 Å². The molecule has 2 aromatic rings. The zero-order valence-corrected chi connectivity index (χ0v) is 15.1. The maximum atomic E-state index is 11.8. The van der Waals surface area contributed by atoms with Crippen molar-refractivity contribution in [3.63, 3.8) is 0 Å². The van der Waals surface area contributed by atoms with Crippen molar-refractivity contribution in [2.45, 2.75) is 32.9 Å². The highest BCUT2D eigenvalue weighted by Crippen LogP contribution is 2.46. The summed E-state index contributed by atoms with van der Waals surface area (Å²) in [5.74, 6) is 2.22. The molecule has 3 atom stereocenters. The number of ether oxygens (including phenoxy) is 1. The second-order valence-electron chi connectivity index (χ2n) is 7.20. The number of aliphatic hydroxyl groups excluding tert-OH is 1. The summed E-state index contributed by atoms with van der Waals surface area (Å²) in [6, 6.07) is 4.02. The molecule has 2 fully saturated rings. The van der Waals surface area contributed by atoms with Gasteiger partial charge in [0.05, 0.1) is 36.7 Å². The lowest BCUT2D eigenvalue weighted by Crippen LogP contribution is -2.23. The van der Waals surface area contributed by atoms with Crippen LogP contribution in [0.3, 0.4) is 0 Å². The number of rotatable bonds is 6. The van der Waals surface area contributed by atoms with Crippen LogP contribution in [-0.4, -0.2) is 45.5 Å².